The van der Waals surface area contributed by atoms with Crippen molar-refractivity contribution < 1.29 is 19.4 Å². The number of ketones is 1. The zero-order valence-electron chi connectivity index (χ0n) is 15.7. The molecule has 2 N–H and O–H groups in total. The molecule has 0 aliphatic carbocycles. The van der Waals surface area contributed by atoms with E-state index in [1.807, 2.05) is 42.5 Å². The summed E-state index contributed by atoms with van der Waals surface area (Å²) in [6.07, 6.45) is -0.673. The highest BCUT2D eigenvalue weighted by atomic mass is 16.5. The predicted molar refractivity (Wildman–Crippen MR) is 109 cm³/mol. The summed E-state index contributed by atoms with van der Waals surface area (Å²) in [6, 6.07) is 23.5. The Bertz CT molecular complexity index is 877. The molecule has 5 nitrogen and oxygen atoms in total. The van der Waals surface area contributed by atoms with Gasteiger partial charge in [0.05, 0.1) is 7.11 Å². The van der Waals surface area contributed by atoms with Crippen LogP contribution in [0.2, 0.25) is 0 Å². The van der Waals surface area contributed by atoms with Crippen molar-refractivity contribution in [3.05, 3.63) is 90.0 Å². The molecule has 0 aliphatic heterocycles. The van der Waals surface area contributed by atoms with E-state index in [0.717, 1.165) is 11.4 Å². The molecule has 1 atom stereocenters. The summed E-state index contributed by atoms with van der Waals surface area (Å²) in [5.41, 5.74) is 2.14. The lowest BCUT2D eigenvalue weighted by Crippen LogP contribution is -2.26. The number of benzene rings is 3. The van der Waals surface area contributed by atoms with Crippen LogP contribution in [0.15, 0.2) is 78.9 Å². The number of nitrogens with one attached hydrogen (secondary N) is 1. The number of aliphatic hydroxyl groups excluding tert-OH is 1. The summed E-state index contributed by atoms with van der Waals surface area (Å²) < 4.78 is 10.7. The Morgan fingerprint density at radius 2 is 1.50 bits per heavy atom. The van der Waals surface area contributed by atoms with Crippen LogP contribution in [0.3, 0.4) is 0 Å². The van der Waals surface area contributed by atoms with Crippen molar-refractivity contribution >= 4 is 11.5 Å². The Balaban J connectivity index is 1.46. The van der Waals surface area contributed by atoms with E-state index in [1.54, 1.807) is 43.5 Å². The number of ether oxygens (including phenoxy) is 2. The average Bonchev–Trinajstić information content (AvgIpc) is 2.77. The van der Waals surface area contributed by atoms with Gasteiger partial charge in [0, 0.05) is 23.4 Å². The number of hydrogen-bond acceptors (Lipinski definition) is 5. The summed E-state index contributed by atoms with van der Waals surface area (Å²) in [5, 5.41) is 13.2. The lowest BCUT2D eigenvalue weighted by molar-refractivity contribution is 0.103. The Morgan fingerprint density at radius 3 is 2.14 bits per heavy atom. The fourth-order valence-corrected chi connectivity index (χ4v) is 2.65. The average molecular weight is 377 g/mol. The van der Waals surface area contributed by atoms with Crippen LogP contribution in [-0.4, -0.2) is 37.3 Å². The SMILES string of the molecule is COc1ccc(NCC(O)COc2ccc(C(=O)c3ccccc3)cc2)cc1. The summed E-state index contributed by atoms with van der Waals surface area (Å²) in [5.74, 6) is 1.35. The molecule has 3 rings (SSSR count). The second-order valence-corrected chi connectivity index (χ2v) is 6.29. The minimum Gasteiger partial charge on any atom is -0.497 e. The molecule has 3 aromatic carbocycles. The minimum absolute atomic E-state index is 0.0316. The van der Waals surface area contributed by atoms with Gasteiger partial charge in [0.1, 0.15) is 24.2 Å². The van der Waals surface area contributed by atoms with Crippen LogP contribution in [0.25, 0.3) is 0 Å². The molecular weight excluding hydrogens is 354 g/mol. The van der Waals surface area contributed by atoms with E-state index in [-0.39, 0.29) is 12.4 Å². The van der Waals surface area contributed by atoms with E-state index in [2.05, 4.69) is 5.32 Å². The number of aliphatic hydroxyl groups is 1. The molecule has 0 spiro atoms. The van der Waals surface area contributed by atoms with Gasteiger partial charge in [0.2, 0.25) is 0 Å². The maximum absolute atomic E-state index is 12.4. The molecule has 0 heterocycles. The highest BCUT2D eigenvalue weighted by Gasteiger charge is 2.09. The van der Waals surface area contributed by atoms with E-state index in [9.17, 15) is 9.90 Å². The summed E-state index contributed by atoms with van der Waals surface area (Å²) in [7, 11) is 1.62. The molecule has 0 radical (unpaired) electrons. The van der Waals surface area contributed by atoms with Crippen molar-refractivity contribution in [3.8, 4) is 11.5 Å². The van der Waals surface area contributed by atoms with Crippen molar-refractivity contribution in [1.29, 1.82) is 0 Å². The maximum Gasteiger partial charge on any atom is 0.193 e. The Morgan fingerprint density at radius 1 is 0.893 bits per heavy atom. The molecule has 144 valence electrons. The molecule has 3 aromatic rings. The minimum atomic E-state index is -0.673. The van der Waals surface area contributed by atoms with Gasteiger partial charge in [-0.3, -0.25) is 4.79 Å². The summed E-state index contributed by atoms with van der Waals surface area (Å²) in [4.78, 5) is 12.4. The van der Waals surface area contributed by atoms with E-state index < -0.39 is 6.10 Å². The first kappa shape index (κ1) is 19.5. The number of carbonyl (C=O) groups is 1. The smallest absolute Gasteiger partial charge is 0.193 e. The van der Waals surface area contributed by atoms with Crippen molar-refractivity contribution in [3.63, 3.8) is 0 Å². The zero-order chi connectivity index (χ0) is 19.8. The molecule has 0 saturated heterocycles. The van der Waals surface area contributed by atoms with Gasteiger partial charge >= 0.3 is 0 Å². The van der Waals surface area contributed by atoms with E-state index in [0.29, 0.717) is 23.4 Å². The van der Waals surface area contributed by atoms with Crippen molar-refractivity contribution in [2.75, 3.05) is 25.6 Å². The molecule has 0 bridgehead atoms. The lowest BCUT2D eigenvalue weighted by atomic mass is 10.0. The van der Waals surface area contributed by atoms with Gasteiger partial charge in [-0.25, -0.2) is 0 Å². The molecule has 0 aliphatic rings. The number of methoxy groups -OCH3 is 1. The summed E-state index contributed by atoms with van der Waals surface area (Å²) in [6.45, 7) is 0.506. The van der Waals surface area contributed by atoms with E-state index in [4.69, 9.17) is 9.47 Å². The quantitative estimate of drug-likeness (QED) is 0.556. The first-order chi connectivity index (χ1) is 13.7. The highest BCUT2D eigenvalue weighted by molar-refractivity contribution is 6.08. The second kappa shape index (κ2) is 9.58. The number of anilines is 1. The molecule has 1 unspecified atom stereocenters. The fourth-order valence-electron chi connectivity index (χ4n) is 2.65. The predicted octanol–water partition coefficient (Wildman–Crippen LogP) is 3.78. The molecule has 5 heteroatoms. The van der Waals surface area contributed by atoms with Crippen LogP contribution in [-0.2, 0) is 0 Å². The number of hydrogen-bond donors (Lipinski definition) is 2. The lowest BCUT2D eigenvalue weighted by Gasteiger charge is -2.14. The third-order valence-electron chi connectivity index (χ3n) is 4.23. The number of carbonyl (C=O) groups excluding carboxylic acids is 1. The first-order valence-electron chi connectivity index (χ1n) is 9.04. The Labute approximate surface area is 164 Å². The van der Waals surface area contributed by atoms with Crippen LogP contribution in [0.4, 0.5) is 5.69 Å². The van der Waals surface area contributed by atoms with Crippen molar-refractivity contribution in [2.24, 2.45) is 0 Å². The van der Waals surface area contributed by atoms with Crippen LogP contribution in [0, 0.1) is 0 Å². The van der Waals surface area contributed by atoms with Gasteiger partial charge in [-0.2, -0.15) is 0 Å². The Kier molecular flexibility index (Phi) is 6.65. The highest BCUT2D eigenvalue weighted by Crippen LogP contribution is 2.17. The fraction of sp³-hybridized carbons (Fsp3) is 0.174. The third-order valence-corrected chi connectivity index (χ3v) is 4.23. The van der Waals surface area contributed by atoms with Gasteiger partial charge in [-0.1, -0.05) is 30.3 Å². The van der Waals surface area contributed by atoms with E-state index in [1.165, 1.54) is 0 Å². The molecule has 0 saturated carbocycles. The standard InChI is InChI=1S/C23H23NO4/c1-27-21-13-9-19(10-14-21)24-15-20(25)16-28-22-11-7-18(8-12-22)23(26)17-5-3-2-4-6-17/h2-14,20,24-25H,15-16H2,1H3. The van der Waals surface area contributed by atoms with Crippen molar-refractivity contribution in [1.82, 2.24) is 0 Å². The largest absolute Gasteiger partial charge is 0.497 e. The normalized spacial score (nSPS) is 11.5. The van der Waals surface area contributed by atoms with Gasteiger partial charge < -0.3 is 19.9 Å². The van der Waals surface area contributed by atoms with Gasteiger partial charge in [0.25, 0.3) is 0 Å². The van der Waals surface area contributed by atoms with Crippen LogP contribution >= 0.6 is 0 Å². The van der Waals surface area contributed by atoms with Gasteiger partial charge in [0.15, 0.2) is 5.78 Å². The number of rotatable bonds is 9. The molecule has 28 heavy (non-hydrogen) atoms. The molecule has 0 aromatic heterocycles. The Hall–Kier alpha value is -3.31. The van der Waals surface area contributed by atoms with Crippen LogP contribution in [0.1, 0.15) is 15.9 Å². The van der Waals surface area contributed by atoms with Crippen LogP contribution < -0.4 is 14.8 Å². The zero-order valence-corrected chi connectivity index (χ0v) is 15.7. The van der Waals surface area contributed by atoms with Crippen LogP contribution in [0.5, 0.6) is 11.5 Å². The first-order valence-corrected chi connectivity index (χ1v) is 9.04. The molecular formula is C23H23NO4. The topological polar surface area (TPSA) is 67.8 Å². The third kappa shape index (κ3) is 5.34. The maximum atomic E-state index is 12.4. The monoisotopic (exact) mass is 377 g/mol. The van der Waals surface area contributed by atoms with Gasteiger partial charge in [-0.05, 0) is 48.5 Å². The molecule has 0 amide bonds. The molecule has 0 fully saturated rings. The van der Waals surface area contributed by atoms with Gasteiger partial charge in [-0.15, -0.1) is 0 Å². The van der Waals surface area contributed by atoms with Crippen molar-refractivity contribution in [2.45, 2.75) is 6.10 Å². The second-order valence-electron chi connectivity index (χ2n) is 6.29. The summed E-state index contributed by atoms with van der Waals surface area (Å²) >= 11 is 0. The van der Waals surface area contributed by atoms with E-state index >= 15 is 0 Å².